The summed E-state index contributed by atoms with van der Waals surface area (Å²) in [5.74, 6) is -12.0. The third-order valence-electron chi connectivity index (χ3n) is 2.51. The van der Waals surface area contributed by atoms with Gasteiger partial charge in [0.15, 0.2) is 0 Å². The first-order chi connectivity index (χ1) is 11.6. The zero-order valence-corrected chi connectivity index (χ0v) is 32.1. The Morgan fingerprint density at radius 1 is 0.429 bits per heavy atom. The van der Waals surface area contributed by atoms with Gasteiger partial charge in [-0.25, -0.2) is 0 Å². The molecule has 35 heavy (non-hydrogen) atoms. The van der Waals surface area contributed by atoms with Crippen LogP contribution in [0.1, 0.15) is 25.7 Å². The molecule has 0 aliphatic heterocycles. The molecule has 0 amide bonds. The van der Waals surface area contributed by atoms with E-state index in [4.69, 9.17) is 10.2 Å². The first-order valence-electron chi connectivity index (χ1n) is 6.23. The molecule has 0 saturated carbocycles. The van der Waals surface area contributed by atoms with Crippen LogP contribution in [0.4, 0.5) is 0 Å². The molecule has 0 saturated heterocycles. The molecule has 0 aromatic heterocycles. The van der Waals surface area contributed by atoms with Crippen molar-refractivity contribution in [2.75, 3.05) is 0 Å². The molecule has 0 unspecified atom stereocenters. The molecule has 0 fully saturated rings. The van der Waals surface area contributed by atoms with Crippen molar-refractivity contribution in [3.63, 3.8) is 0 Å². The van der Waals surface area contributed by atoms with Gasteiger partial charge in [0, 0.05) is 49.6 Å². The summed E-state index contributed by atoms with van der Waals surface area (Å²) in [7, 11) is 0. The van der Waals surface area contributed by atoms with E-state index in [-0.39, 0.29) is 194 Å². The van der Waals surface area contributed by atoms with E-state index in [9.17, 15) is 59.4 Å². The minimum absolute atomic E-state index is 0. The van der Waals surface area contributed by atoms with Crippen LogP contribution in [0.25, 0.3) is 0 Å². The van der Waals surface area contributed by atoms with E-state index in [0.717, 1.165) is 0 Å². The number of hydrogen-bond donors (Lipinski definition) is 2. The number of carbonyl (C=O) groups is 6. The third-order valence-corrected chi connectivity index (χ3v) is 2.51. The van der Waals surface area contributed by atoms with Crippen LogP contribution in [-0.4, -0.2) is 73.7 Å². The van der Waals surface area contributed by atoms with E-state index < -0.39 is 72.7 Å². The molecule has 0 spiro atoms. The topological polar surface area (TPSA) is 376 Å². The van der Waals surface area contributed by atoms with E-state index >= 15 is 0 Å². The molecule has 0 aliphatic carbocycles. The first kappa shape index (κ1) is 71.2. The fourth-order valence-electron chi connectivity index (χ4n) is 1.37. The summed E-state index contributed by atoms with van der Waals surface area (Å²) in [4.78, 5) is 60.0. The molecule has 0 aromatic rings. The first-order valence-corrected chi connectivity index (χ1v) is 6.23. The van der Waals surface area contributed by atoms with E-state index in [2.05, 4.69) is 0 Å². The predicted molar refractivity (Wildman–Crippen MR) is 69.3 cm³/mol. The smallest absolute Gasteiger partial charge is 0.550 e. The second kappa shape index (κ2) is 34.6. The average Bonchev–Trinajstić information content (AvgIpc) is 2.34. The maximum Gasteiger partial charge on any atom is 1.00 e. The zero-order valence-electron chi connectivity index (χ0n) is 20.1. The van der Waals surface area contributed by atoms with Crippen molar-refractivity contribution < 1.29 is 263 Å². The monoisotopic (exact) mass is 570 g/mol. The number of carbonyl (C=O) groups excluding carboxylic acids is 6. The predicted octanol–water partition coefficient (Wildman–Crippen LogP) is -31.0. The van der Waals surface area contributed by atoms with Crippen molar-refractivity contribution in [2.45, 2.75) is 36.9 Å². The Hall–Kier alpha value is 2.62. The van der Waals surface area contributed by atoms with Crippen molar-refractivity contribution in [1.29, 1.82) is 0 Å². The van der Waals surface area contributed by atoms with Crippen LogP contribution in [-0.2, 0) is 28.8 Å². The Labute approximate surface area is 330 Å². The van der Waals surface area contributed by atoms with Crippen molar-refractivity contribution in [2.24, 2.45) is 0 Å². The van der Waals surface area contributed by atoms with Gasteiger partial charge in [-0.3, -0.25) is 0 Å². The van der Waals surface area contributed by atoms with Gasteiger partial charge in [0.25, 0.3) is 0 Å². The van der Waals surface area contributed by atoms with Crippen LogP contribution in [0.3, 0.4) is 0 Å². The van der Waals surface area contributed by atoms with Crippen LogP contribution in [0.15, 0.2) is 0 Å². The summed E-state index contributed by atoms with van der Waals surface area (Å²) >= 11 is 0. The Morgan fingerprint density at radius 3 is 0.600 bits per heavy atom. The number of rotatable bonds is 10. The number of aliphatic carboxylic acids is 6. The second-order valence-electron chi connectivity index (χ2n) is 4.83. The van der Waals surface area contributed by atoms with Crippen molar-refractivity contribution in [3.05, 3.63) is 0 Å². The van der Waals surface area contributed by atoms with Crippen LogP contribution >= 0.6 is 0 Å². The van der Waals surface area contributed by atoms with E-state index in [1.165, 1.54) is 0 Å². The number of aliphatic hydroxyl groups is 2. The zero-order chi connectivity index (χ0) is 21.3. The molecule has 23 heteroatoms. The third kappa shape index (κ3) is 36.6. The van der Waals surface area contributed by atoms with Crippen molar-refractivity contribution >= 4 is 35.8 Å². The minimum Gasteiger partial charge on any atom is -0.550 e. The quantitative estimate of drug-likeness (QED) is 0.230. The number of hydrogen-bond acceptors (Lipinski definition) is 14. The van der Waals surface area contributed by atoms with E-state index in [0.29, 0.717) is 0 Å². The Bertz CT molecular complexity index is 532. The van der Waals surface area contributed by atoms with E-state index in [1.54, 1.807) is 0 Å². The molecule has 0 atom stereocenters. The van der Waals surface area contributed by atoms with Gasteiger partial charge in [-0.2, -0.15) is 0 Å². The Balaban J connectivity index is -0.0000000291. The van der Waals surface area contributed by atoms with Gasteiger partial charge < -0.3 is 86.0 Å². The summed E-state index contributed by atoms with van der Waals surface area (Å²) in [5, 5.41) is 77.9. The normalized spacial score (nSPS) is 8.06. The van der Waals surface area contributed by atoms with Crippen LogP contribution in [0, 0.1) is 0 Å². The molecule has 0 aromatic carbocycles. The second-order valence-corrected chi connectivity index (χ2v) is 4.83. The van der Waals surface area contributed by atoms with Gasteiger partial charge >= 0.3 is 177 Å². The van der Waals surface area contributed by atoms with Gasteiger partial charge in [-0.15, -0.1) is 0 Å². The fourth-order valence-corrected chi connectivity index (χ4v) is 1.37. The molecule has 0 rings (SSSR count). The molecule has 0 heterocycles. The SMILES string of the molecule is O.O.O.O=C([O-])CC(O)(CC(=O)[O-])C(=O)[O-].O=C([O-])CC(O)(CC(=O)[O-])C(=O)[O-].[Na+].[Na+].[Na+].[Na+].[Na+].[Na+]. The molecular weight excluding hydrogens is 554 g/mol. The fraction of sp³-hybridized carbons (Fsp3) is 0.500. The summed E-state index contributed by atoms with van der Waals surface area (Å²) in [6, 6.07) is 0. The van der Waals surface area contributed by atoms with Crippen LogP contribution < -0.4 is 208 Å². The number of carboxylic acids is 6. The largest absolute Gasteiger partial charge is 1.00 e. The molecule has 17 nitrogen and oxygen atoms in total. The van der Waals surface area contributed by atoms with Gasteiger partial charge in [0.1, 0.15) is 11.2 Å². The average molecular weight is 570 g/mol. The van der Waals surface area contributed by atoms with Gasteiger partial charge in [-0.05, 0) is 0 Å². The summed E-state index contributed by atoms with van der Waals surface area (Å²) in [6.07, 6.45) is -5.43. The molecule has 0 bridgehead atoms. The van der Waals surface area contributed by atoms with Crippen molar-refractivity contribution in [3.8, 4) is 0 Å². The molecule has 8 N–H and O–H groups in total. The maximum atomic E-state index is 10.1. The molecule has 172 valence electrons. The summed E-state index contributed by atoms with van der Waals surface area (Å²) in [6.45, 7) is 0. The molecule has 0 radical (unpaired) electrons. The van der Waals surface area contributed by atoms with Crippen molar-refractivity contribution in [1.82, 2.24) is 0 Å². The Kier molecular flexibility index (Phi) is 70.5. The molecular formula is C12H16Na6O17. The maximum absolute atomic E-state index is 10.1. The standard InChI is InChI=1S/2C6H8O7.6Na.3H2O/c2*7-3(8)1-6(13,5(11)12)2-4(9)10;;;;;;;;;/h2*13H,1-2H2,(H,7,8)(H,9,10)(H,11,12);;;;;;;3*1H2/q;;6*+1;;;/p-6. The molecule has 0 aliphatic rings. The van der Waals surface area contributed by atoms with Crippen LogP contribution in [0.2, 0.25) is 0 Å². The Morgan fingerprint density at radius 2 is 0.543 bits per heavy atom. The summed E-state index contributed by atoms with van der Waals surface area (Å²) in [5.41, 5.74) is -5.95. The van der Waals surface area contributed by atoms with Gasteiger partial charge in [0.05, 0.1) is 11.9 Å². The number of carboxylic acid groups (broad SMARTS) is 6. The van der Waals surface area contributed by atoms with Gasteiger partial charge in [-0.1, -0.05) is 0 Å². The van der Waals surface area contributed by atoms with E-state index in [1.807, 2.05) is 0 Å². The van der Waals surface area contributed by atoms with Crippen LogP contribution in [0.5, 0.6) is 0 Å². The summed E-state index contributed by atoms with van der Waals surface area (Å²) < 4.78 is 0. The van der Waals surface area contributed by atoms with Gasteiger partial charge in [0.2, 0.25) is 0 Å². The minimum atomic E-state index is -2.97.